The monoisotopic (exact) mass is 670 g/mol. The van der Waals surface area contributed by atoms with E-state index >= 15 is 0 Å². The molecule has 3 aromatic carbocycles. The number of para-hydroxylation sites is 1. The van der Waals surface area contributed by atoms with Crippen LogP contribution in [-0.2, 0) is 11.3 Å². The highest BCUT2D eigenvalue weighted by Gasteiger charge is 2.36. The lowest BCUT2D eigenvalue weighted by Crippen LogP contribution is -2.29. The number of hydrazone groups is 1. The van der Waals surface area contributed by atoms with Crippen molar-refractivity contribution in [2.24, 2.45) is 5.10 Å². The summed E-state index contributed by atoms with van der Waals surface area (Å²) in [6.07, 6.45) is 0.509. The van der Waals surface area contributed by atoms with E-state index in [4.69, 9.17) is 14.6 Å². The third-order valence-electron chi connectivity index (χ3n) is 7.54. The highest BCUT2D eigenvalue weighted by Crippen LogP contribution is 2.42. The van der Waals surface area contributed by atoms with Gasteiger partial charge in [0.1, 0.15) is 5.82 Å². The fourth-order valence-electron chi connectivity index (χ4n) is 5.37. The van der Waals surface area contributed by atoms with E-state index < -0.39 is 17.8 Å². The van der Waals surface area contributed by atoms with Crippen molar-refractivity contribution in [2.75, 3.05) is 20.0 Å². The molecule has 0 fully saturated rings. The fraction of sp³-hybridized carbons (Fsp3) is 0.206. The van der Waals surface area contributed by atoms with E-state index in [0.717, 1.165) is 27.4 Å². The number of carbonyl (C=O) groups excluding carboxylic acids is 2. The number of aromatic nitrogens is 3. The number of carbonyl (C=O) groups is 2. The first kappa shape index (κ1) is 32.0. The number of ether oxygens (including phenoxy) is 2. The van der Waals surface area contributed by atoms with E-state index in [9.17, 15) is 14.0 Å². The molecule has 240 valence electrons. The van der Waals surface area contributed by atoms with Crippen molar-refractivity contribution < 1.29 is 23.5 Å². The number of halogens is 1. The van der Waals surface area contributed by atoms with E-state index in [1.165, 1.54) is 41.0 Å². The number of rotatable bonds is 11. The molecule has 13 heteroatoms. The molecule has 0 radical (unpaired) electrons. The third-order valence-corrected chi connectivity index (χ3v) is 9.38. The van der Waals surface area contributed by atoms with E-state index in [-0.39, 0.29) is 23.8 Å². The summed E-state index contributed by atoms with van der Waals surface area (Å²) in [6.45, 7) is 2.00. The number of methoxy groups -OCH3 is 2. The third kappa shape index (κ3) is 6.91. The number of benzene rings is 3. The smallest absolute Gasteiger partial charge is 0.253 e. The van der Waals surface area contributed by atoms with Crippen molar-refractivity contribution in [1.29, 1.82) is 0 Å². The molecule has 0 spiro atoms. The normalized spacial score (nSPS) is 14.2. The van der Waals surface area contributed by atoms with E-state index in [0.29, 0.717) is 28.9 Å². The maximum absolute atomic E-state index is 14.0. The molecule has 0 saturated heterocycles. The van der Waals surface area contributed by atoms with Gasteiger partial charge in [-0.3, -0.25) is 14.2 Å². The maximum atomic E-state index is 14.0. The number of nitrogens with one attached hydrogen (secondary N) is 1. The number of thioether (sulfide) groups is 1. The predicted octanol–water partition coefficient (Wildman–Crippen LogP) is 6.19. The van der Waals surface area contributed by atoms with Gasteiger partial charge in [0.15, 0.2) is 22.5 Å². The Morgan fingerprint density at radius 2 is 1.85 bits per heavy atom. The maximum Gasteiger partial charge on any atom is 0.253 e. The van der Waals surface area contributed by atoms with Crippen LogP contribution in [0.1, 0.15) is 44.6 Å². The Morgan fingerprint density at radius 1 is 1.02 bits per heavy atom. The minimum absolute atomic E-state index is 0.0175. The van der Waals surface area contributed by atoms with Crippen LogP contribution in [0, 0.1) is 12.7 Å². The Kier molecular flexibility index (Phi) is 9.64. The van der Waals surface area contributed by atoms with Gasteiger partial charge in [-0.25, -0.2) is 9.40 Å². The molecule has 3 heterocycles. The topological polar surface area (TPSA) is 111 Å². The molecule has 1 aliphatic rings. The molecule has 5 aromatic rings. The van der Waals surface area contributed by atoms with Crippen LogP contribution >= 0.6 is 23.1 Å². The molecule has 2 aromatic heterocycles. The Morgan fingerprint density at radius 3 is 2.60 bits per heavy atom. The van der Waals surface area contributed by atoms with Crippen LogP contribution in [0.3, 0.4) is 0 Å². The quantitative estimate of drug-likeness (QED) is 0.167. The average molecular weight is 671 g/mol. The molecule has 2 amide bonds. The Bertz CT molecular complexity index is 1940. The van der Waals surface area contributed by atoms with Crippen LogP contribution in [0.2, 0.25) is 0 Å². The van der Waals surface area contributed by atoms with Gasteiger partial charge in [0.2, 0.25) is 0 Å². The predicted molar refractivity (Wildman–Crippen MR) is 179 cm³/mol. The van der Waals surface area contributed by atoms with Gasteiger partial charge in [0.25, 0.3) is 11.8 Å². The summed E-state index contributed by atoms with van der Waals surface area (Å²) < 4.78 is 26.8. The molecule has 47 heavy (non-hydrogen) atoms. The van der Waals surface area contributed by atoms with Gasteiger partial charge >= 0.3 is 0 Å². The lowest BCUT2D eigenvalue weighted by Gasteiger charge is -2.24. The molecular formula is C34H31FN6O4S2. The zero-order chi connectivity index (χ0) is 32.9. The zero-order valence-corrected chi connectivity index (χ0v) is 27.5. The highest BCUT2D eigenvalue weighted by atomic mass is 32.2. The number of hydrogen-bond donors (Lipinski definition) is 1. The van der Waals surface area contributed by atoms with Gasteiger partial charge in [-0.2, -0.15) is 5.10 Å². The molecule has 0 saturated carbocycles. The average Bonchev–Trinajstić information content (AvgIpc) is 3.86. The van der Waals surface area contributed by atoms with Crippen molar-refractivity contribution in [1.82, 2.24) is 25.1 Å². The molecular weight excluding hydrogens is 640 g/mol. The Labute approximate surface area is 279 Å². The van der Waals surface area contributed by atoms with Gasteiger partial charge < -0.3 is 14.8 Å². The van der Waals surface area contributed by atoms with Crippen molar-refractivity contribution in [3.63, 3.8) is 0 Å². The summed E-state index contributed by atoms with van der Waals surface area (Å²) >= 11 is 2.79. The highest BCUT2D eigenvalue weighted by molar-refractivity contribution is 7.99. The van der Waals surface area contributed by atoms with Gasteiger partial charge in [-0.1, -0.05) is 48.2 Å². The largest absolute Gasteiger partial charge is 0.493 e. The van der Waals surface area contributed by atoms with Crippen LogP contribution in [0.4, 0.5) is 4.39 Å². The molecule has 0 unspecified atom stereocenters. The molecule has 1 atom stereocenters. The summed E-state index contributed by atoms with van der Waals surface area (Å²) in [5, 5.41) is 20.3. The number of amides is 2. The molecule has 1 aliphatic heterocycles. The SMILES string of the molecule is COc1cccc([C@@H]2CC(c3cccs3)=NN2C(=O)CSc2nnc(CNC(=O)c3cccc(F)c3)n2-c2cccc(C)c2)c1OC. The van der Waals surface area contributed by atoms with Crippen molar-refractivity contribution in [3.05, 3.63) is 117 Å². The Balaban J connectivity index is 1.27. The number of aryl methyl sites for hydroxylation is 1. The standard InChI is InChI=1S/C34H31FN6O4S2/c1-21-8-4-11-24(16-21)40-30(19-36-33(43)22-9-5-10-23(35)17-22)37-38-34(40)47-20-31(42)41-27(18-26(39-41)29-14-7-15-46-29)25-12-6-13-28(44-2)32(25)45-3/h4-17,27H,18-20H2,1-3H3,(H,36,43)/t27-/m0/s1. The second kappa shape index (κ2) is 14.2. The number of hydrogen-bond acceptors (Lipinski definition) is 9. The van der Waals surface area contributed by atoms with Crippen LogP contribution in [0.25, 0.3) is 5.69 Å². The van der Waals surface area contributed by atoms with Gasteiger partial charge in [0, 0.05) is 23.2 Å². The second-order valence-electron chi connectivity index (χ2n) is 10.6. The van der Waals surface area contributed by atoms with E-state index in [1.54, 1.807) is 25.6 Å². The van der Waals surface area contributed by atoms with Crippen molar-refractivity contribution >= 4 is 40.6 Å². The lowest BCUT2D eigenvalue weighted by atomic mass is 9.99. The number of thiophene rings is 1. The summed E-state index contributed by atoms with van der Waals surface area (Å²) in [5.74, 6) is 0.423. The van der Waals surface area contributed by atoms with Crippen LogP contribution in [0.15, 0.2) is 94.5 Å². The van der Waals surface area contributed by atoms with Crippen LogP contribution in [0.5, 0.6) is 11.5 Å². The van der Waals surface area contributed by atoms with E-state index in [2.05, 4.69) is 15.5 Å². The van der Waals surface area contributed by atoms with Gasteiger partial charge in [0.05, 0.1) is 43.1 Å². The minimum atomic E-state index is -0.499. The summed E-state index contributed by atoms with van der Waals surface area (Å²) in [4.78, 5) is 27.7. The molecule has 10 nitrogen and oxygen atoms in total. The molecule has 1 N–H and O–H groups in total. The zero-order valence-electron chi connectivity index (χ0n) is 25.8. The first-order valence-corrected chi connectivity index (χ1v) is 16.5. The van der Waals surface area contributed by atoms with Gasteiger partial charge in [-0.15, -0.1) is 21.5 Å². The fourth-order valence-corrected chi connectivity index (χ4v) is 6.91. The first-order chi connectivity index (χ1) is 22.9. The van der Waals surface area contributed by atoms with Crippen LogP contribution < -0.4 is 14.8 Å². The molecule has 0 bridgehead atoms. The van der Waals surface area contributed by atoms with Crippen LogP contribution in [-0.4, -0.2) is 57.3 Å². The minimum Gasteiger partial charge on any atom is -0.493 e. The van der Waals surface area contributed by atoms with Crippen molar-refractivity contribution in [3.8, 4) is 17.2 Å². The summed E-state index contributed by atoms with van der Waals surface area (Å²) in [6, 6.07) is 22.4. The van der Waals surface area contributed by atoms with E-state index in [1.807, 2.05) is 71.5 Å². The summed E-state index contributed by atoms with van der Waals surface area (Å²) in [5.41, 5.74) is 3.59. The van der Waals surface area contributed by atoms with Crippen molar-refractivity contribution in [2.45, 2.75) is 31.1 Å². The number of nitrogens with zero attached hydrogens (tertiary/aromatic N) is 5. The second-order valence-corrected chi connectivity index (χ2v) is 12.5. The molecule has 6 rings (SSSR count). The lowest BCUT2D eigenvalue weighted by molar-refractivity contribution is -0.130. The summed E-state index contributed by atoms with van der Waals surface area (Å²) in [7, 11) is 3.16. The van der Waals surface area contributed by atoms with Gasteiger partial charge in [-0.05, 0) is 60.3 Å². The Hall–Kier alpha value is -5.01. The first-order valence-electron chi connectivity index (χ1n) is 14.7. The molecule has 0 aliphatic carbocycles.